The summed E-state index contributed by atoms with van der Waals surface area (Å²) in [4.78, 5) is 24.7. The molecule has 1 aliphatic rings. The van der Waals surface area contributed by atoms with Crippen LogP contribution in [-0.2, 0) is 4.79 Å². The number of thioether (sulfide) groups is 1. The van der Waals surface area contributed by atoms with Gasteiger partial charge in [0.15, 0.2) is 6.61 Å². The maximum Gasteiger partial charge on any atom is 0.265 e. The molecule has 0 spiro atoms. The van der Waals surface area contributed by atoms with Crippen molar-refractivity contribution in [1.82, 2.24) is 9.97 Å². The topological polar surface area (TPSA) is 55.3 Å². The Labute approximate surface area is 141 Å². The van der Waals surface area contributed by atoms with Crippen LogP contribution in [0.1, 0.15) is 0 Å². The molecule has 0 unspecified atom stereocenters. The normalized spacial score (nSPS) is 13.8. The van der Waals surface area contributed by atoms with Crippen molar-refractivity contribution in [2.45, 2.75) is 4.90 Å². The number of anilines is 1. The first-order valence-electron chi connectivity index (χ1n) is 7.16. The Morgan fingerprint density at radius 1 is 1.26 bits per heavy atom. The highest BCUT2D eigenvalue weighted by molar-refractivity contribution is 7.99. The summed E-state index contributed by atoms with van der Waals surface area (Å²) in [6.45, 7) is 0.669. The second kappa shape index (κ2) is 6.17. The van der Waals surface area contributed by atoms with Crippen molar-refractivity contribution in [3.8, 4) is 5.88 Å². The van der Waals surface area contributed by atoms with Crippen molar-refractivity contribution >= 4 is 44.9 Å². The van der Waals surface area contributed by atoms with Gasteiger partial charge in [-0.1, -0.05) is 12.1 Å². The van der Waals surface area contributed by atoms with Gasteiger partial charge in [-0.05, 0) is 23.6 Å². The second-order valence-corrected chi connectivity index (χ2v) is 7.00. The second-order valence-electron chi connectivity index (χ2n) is 4.97. The largest absolute Gasteiger partial charge is 0.467 e. The smallest absolute Gasteiger partial charge is 0.265 e. The van der Waals surface area contributed by atoms with Gasteiger partial charge in [0.25, 0.3) is 5.91 Å². The van der Waals surface area contributed by atoms with Crippen LogP contribution >= 0.6 is 23.1 Å². The molecule has 23 heavy (non-hydrogen) atoms. The highest BCUT2D eigenvalue weighted by atomic mass is 32.2. The summed E-state index contributed by atoms with van der Waals surface area (Å²) in [6, 6.07) is 9.86. The van der Waals surface area contributed by atoms with Gasteiger partial charge in [-0.15, -0.1) is 23.1 Å². The number of aromatic nitrogens is 2. The minimum atomic E-state index is -0.0558. The number of rotatable bonds is 3. The van der Waals surface area contributed by atoms with Crippen molar-refractivity contribution in [1.29, 1.82) is 0 Å². The molecule has 1 aliphatic heterocycles. The van der Waals surface area contributed by atoms with E-state index in [2.05, 4.69) is 9.97 Å². The lowest BCUT2D eigenvalue weighted by Gasteiger charge is -2.28. The fraction of sp³-hybridized carbons (Fsp3) is 0.188. The molecule has 1 amide bonds. The lowest BCUT2D eigenvalue weighted by atomic mass is 10.2. The average Bonchev–Trinajstić information content (AvgIpc) is 3.08. The molecule has 4 rings (SSSR count). The summed E-state index contributed by atoms with van der Waals surface area (Å²) in [7, 11) is 0. The molecular formula is C16H13N3O2S2. The Balaban J connectivity index is 1.52. The van der Waals surface area contributed by atoms with E-state index in [9.17, 15) is 4.79 Å². The van der Waals surface area contributed by atoms with Crippen LogP contribution in [0.5, 0.6) is 5.88 Å². The average molecular weight is 343 g/mol. The number of ether oxygens (including phenoxy) is 1. The molecular weight excluding hydrogens is 330 g/mol. The van der Waals surface area contributed by atoms with Crippen LogP contribution in [-0.4, -0.2) is 34.8 Å². The summed E-state index contributed by atoms with van der Waals surface area (Å²) >= 11 is 3.30. The number of para-hydroxylation sites is 1. The Morgan fingerprint density at radius 2 is 2.17 bits per heavy atom. The van der Waals surface area contributed by atoms with E-state index in [0.717, 1.165) is 26.6 Å². The van der Waals surface area contributed by atoms with Crippen LogP contribution in [0.25, 0.3) is 10.2 Å². The molecule has 0 fully saturated rings. The standard InChI is InChI=1S/C16H13N3O2S2/c20-14(19-6-8-22-13-4-2-1-3-12(13)19)9-21-15-11-5-7-23-16(11)18-10-17-15/h1-5,7,10H,6,8-9H2. The van der Waals surface area contributed by atoms with Crippen LogP contribution in [0, 0.1) is 0 Å². The first-order valence-corrected chi connectivity index (χ1v) is 9.02. The molecule has 0 N–H and O–H groups in total. The predicted octanol–water partition coefficient (Wildman–Crippen LogP) is 3.21. The van der Waals surface area contributed by atoms with Gasteiger partial charge in [-0.3, -0.25) is 4.79 Å². The summed E-state index contributed by atoms with van der Waals surface area (Å²) in [5, 5.41) is 2.78. The summed E-state index contributed by atoms with van der Waals surface area (Å²) in [5.74, 6) is 1.30. The lowest BCUT2D eigenvalue weighted by Crippen LogP contribution is -2.38. The molecule has 1 aromatic carbocycles. The third-order valence-electron chi connectivity index (χ3n) is 3.59. The van der Waals surface area contributed by atoms with E-state index >= 15 is 0 Å². The van der Waals surface area contributed by atoms with E-state index in [1.165, 1.54) is 17.7 Å². The monoisotopic (exact) mass is 343 g/mol. The minimum absolute atomic E-state index is 0.0268. The Morgan fingerprint density at radius 3 is 3.13 bits per heavy atom. The molecule has 116 valence electrons. The molecule has 5 nitrogen and oxygen atoms in total. The lowest BCUT2D eigenvalue weighted by molar-refractivity contribution is -0.120. The number of amides is 1. The summed E-state index contributed by atoms with van der Waals surface area (Å²) in [5.41, 5.74) is 0.959. The number of carbonyl (C=O) groups excluding carboxylic acids is 1. The third-order valence-corrected chi connectivity index (χ3v) is 5.45. The molecule has 0 saturated carbocycles. The van der Waals surface area contributed by atoms with Crippen molar-refractivity contribution in [3.63, 3.8) is 0 Å². The van der Waals surface area contributed by atoms with Crippen molar-refractivity contribution < 1.29 is 9.53 Å². The van der Waals surface area contributed by atoms with E-state index in [0.29, 0.717) is 12.4 Å². The SMILES string of the molecule is O=C(COc1ncnc2sccc12)N1CCSc2ccccc21. The van der Waals surface area contributed by atoms with Crippen LogP contribution in [0.2, 0.25) is 0 Å². The predicted molar refractivity (Wildman–Crippen MR) is 92.4 cm³/mol. The van der Waals surface area contributed by atoms with Crippen LogP contribution in [0.3, 0.4) is 0 Å². The molecule has 3 heterocycles. The van der Waals surface area contributed by atoms with Gasteiger partial charge in [-0.25, -0.2) is 9.97 Å². The Kier molecular flexibility index (Phi) is 3.88. The zero-order chi connectivity index (χ0) is 15.6. The molecule has 0 saturated heterocycles. The zero-order valence-corrected chi connectivity index (χ0v) is 13.8. The number of hydrogen-bond donors (Lipinski definition) is 0. The summed E-state index contributed by atoms with van der Waals surface area (Å²) < 4.78 is 5.67. The van der Waals surface area contributed by atoms with Gasteiger partial charge in [0.2, 0.25) is 5.88 Å². The number of benzene rings is 1. The van der Waals surface area contributed by atoms with Crippen LogP contribution in [0.4, 0.5) is 5.69 Å². The first-order chi connectivity index (χ1) is 11.3. The van der Waals surface area contributed by atoms with E-state index in [-0.39, 0.29) is 12.5 Å². The molecule has 0 atom stereocenters. The molecule has 3 aromatic rings. The number of fused-ring (bicyclic) bond motifs is 2. The number of thiophene rings is 1. The maximum absolute atomic E-state index is 12.6. The summed E-state index contributed by atoms with van der Waals surface area (Å²) in [6.07, 6.45) is 1.46. The number of nitrogens with zero attached hydrogens (tertiary/aromatic N) is 3. The van der Waals surface area contributed by atoms with Crippen molar-refractivity contribution in [2.75, 3.05) is 23.8 Å². The fourth-order valence-corrected chi connectivity index (χ4v) is 4.24. The highest BCUT2D eigenvalue weighted by Gasteiger charge is 2.23. The Bertz CT molecular complexity index is 865. The molecule has 0 bridgehead atoms. The molecule has 7 heteroatoms. The van der Waals surface area contributed by atoms with E-state index in [1.54, 1.807) is 16.7 Å². The first kappa shape index (κ1) is 14.5. The number of carbonyl (C=O) groups is 1. The van der Waals surface area contributed by atoms with E-state index in [1.807, 2.05) is 35.7 Å². The van der Waals surface area contributed by atoms with Gasteiger partial charge in [0.05, 0.1) is 11.1 Å². The molecule has 2 aromatic heterocycles. The van der Waals surface area contributed by atoms with E-state index < -0.39 is 0 Å². The number of hydrogen-bond acceptors (Lipinski definition) is 6. The van der Waals surface area contributed by atoms with Crippen LogP contribution in [0.15, 0.2) is 46.9 Å². The van der Waals surface area contributed by atoms with E-state index in [4.69, 9.17) is 4.74 Å². The Hall–Kier alpha value is -2.12. The van der Waals surface area contributed by atoms with Crippen molar-refractivity contribution in [3.05, 3.63) is 42.0 Å². The van der Waals surface area contributed by atoms with Gasteiger partial charge < -0.3 is 9.64 Å². The highest BCUT2D eigenvalue weighted by Crippen LogP contribution is 2.34. The van der Waals surface area contributed by atoms with Gasteiger partial charge in [-0.2, -0.15) is 0 Å². The quantitative estimate of drug-likeness (QED) is 0.731. The molecule has 0 aliphatic carbocycles. The van der Waals surface area contributed by atoms with Crippen molar-refractivity contribution in [2.24, 2.45) is 0 Å². The molecule has 0 radical (unpaired) electrons. The van der Waals surface area contributed by atoms with Gasteiger partial charge >= 0.3 is 0 Å². The maximum atomic E-state index is 12.6. The zero-order valence-electron chi connectivity index (χ0n) is 12.1. The fourth-order valence-electron chi connectivity index (χ4n) is 2.52. The minimum Gasteiger partial charge on any atom is -0.467 e. The third kappa shape index (κ3) is 2.77. The van der Waals surface area contributed by atoms with Gasteiger partial charge in [0, 0.05) is 17.2 Å². The van der Waals surface area contributed by atoms with Crippen LogP contribution < -0.4 is 9.64 Å². The van der Waals surface area contributed by atoms with Gasteiger partial charge in [0.1, 0.15) is 11.2 Å².